The largest absolute Gasteiger partial charge is 0.393 e. The highest BCUT2D eigenvalue weighted by Gasteiger charge is 2.24. The number of hydrogen-bond donors (Lipinski definition) is 2. The van der Waals surface area contributed by atoms with Gasteiger partial charge in [-0.05, 0) is 45.3 Å². The Balaban J connectivity index is 1.91. The van der Waals surface area contributed by atoms with E-state index >= 15 is 0 Å². The summed E-state index contributed by atoms with van der Waals surface area (Å²) in [5, 5.41) is 12.8. The predicted molar refractivity (Wildman–Crippen MR) is 88.7 cm³/mol. The predicted octanol–water partition coefficient (Wildman–Crippen LogP) is 2.00. The van der Waals surface area contributed by atoms with Crippen LogP contribution in [0.25, 0.3) is 0 Å². The first-order valence-electron chi connectivity index (χ1n) is 8.25. The minimum atomic E-state index is -0.372. The van der Waals surface area contributed by atoms with Gasteiger partial charge in [0.1, 0.15) is 0 Å². The Morgan fingerprint density at radius 3 is 2.77 bits per heavy atom. The molecule has 0 aromatic heterocycles. The monoisotopic (exact) mass is 304 g/mol. The number of nitrogens with zero attached hydrogens (tertiary/aromatic N) is 1. The highest BCUT2D eigenvalue weighted by Crippen LogP contribution is 2.21. The minimum Gasteiger partial charge on any atom is -0.393 e. The smallest absolute Gasteiger partial charge is 0.224 e. The third-order valence-corrected chi connectivity index (χ3v) is 4.41. The zero-order valence-corrected chi connectivity index (χ0v) is 13.7. The molecule has 122 valence electrons. The summed E-state index contributed by atoms with van der Waals surface area (Å²) in [6.07, 6.45) is 2.35. The van der Waals surface area contributed by atoms with Crippen molar-refractivity contribution in [3.63, 3.8) is 0 Å². The number of piperidine rings is 1. The molecule has 3 unspecified atom stereocenters. The average Bonchev–Trinajstić information content (AvgIpc) is 2.51. The van der Waals surface area contributed by atoms with Crippen molar-refractivity contribution in [3.8, 4) is 0 Å². The van der Waals surface area contributed by atoms with Crippen LogP contribution in [0, 0.1) is 5.92 Å². The van der Waals surface area contributed by atoms with Crippen molar-refractivity contribution in [3.05, 3.63) is 35.9 Å². The first-order chi connectivity index (χ1) is 10.6. The normalized spacial score (nSPS) is 22.0. The molecule has 1 saturated heterocycles. The van der Waals surface area contributed by atoms with Crippen molar-refractivity contribution in [2.45, 2.75) is 38.2 Å². The maximum atomic E-state index is 12.4. The zero-order chi connectivity index (χ0) is 15.9. The molecule has 0 bridgehead atoms. The van der Waals surface area contributed by atoms with E-state index < -0.39 is 0 Å². The van der Waals surface area contributed by atoms with Gasteiger partial charge >= 0.3 is 0 Å². The molecule has 1 heterocycles. The fourth-order valence-corrected chi connectivity index (χ4v) is 3.22. The lowest BCUT2D eigenvalue weighted by Crippen LogP contribution is -2.42. The molecule has 1 aromatic rings. The van der Waals surface area contributed by atoms with Gasteiger partial charge in [-0.2, -0.15) is 0 Å². The van der Waals surface area contributed by atoms with Crippen LogP contribution in [-0.4, -0.2) is 48.7 Å². The van der Waals surface area contributed by atoms with Crippen LogP contribution in [-0.2, 0) is 4.79 Å². The van der Waals surface area contributed by atoms with Crippen LogP contribution < -0.4 is 5.32 Å². The molecule has 1 aliphatic heterocycles. The summed E-state index contributed by atoms with van der Waals surface area (Å²) in [7, 11) is 2.07. The van der Waals surface area contributed by atoms with Gasteiger partial charge in [0.2, 0.25) is 5.91 Å². The maximum Gasteiger partial charge on any atom is 0.224 e. The number of rotatable bonds is 6. The fraction of sp³-hybridized carbons (Fsp3) is 0.611. The molecule has 1 fully saturated rings. The van der Waals surface area contributed by atoms with Gasteiger partial charge in [-0.3, -0.25) is 4.79 Å². The van der Waals surface area contributed by atoms with Crippen molar-refractivity contribution >= 4 is 5.91 Å². The molecule has 0 spiro atoms. The SMILES string of the molecule is CC(O)CC(CNC(=O)C1CCCN(C)C1)c1ccccc1. The molecule has 3 atom stereocenters. The molecule has 1 amide bonds. The van der Waals surface area contributed by atoms with Crippen LogP contribution in [0.1, 0.15) is 37.7 Å². The molecule has 4 nitrogen and oxygen atoms in total. The number of likely N-dealkylation sites (tertiary alicyclic amines) is 1. The first-order valence-corrected chi connectivity index (χ1v) is 8.25. The van der Waals surface area contributed by atoms with Gasteiger partial charge < -0.3 is 15.3 Å². The topological polar surface area (TPSA) is 52.6 Å². The van der Waals surface area contributed by atoms with Gasteiger partial charge in [0.25, 0.3) is 0 Å². The van der Waals surface area contributed by atoms with Crippen LogP contribution in [0.5, 0.6) is 0 Å². The molecule has 1 aromatic carbocycles. The second kappa shape index (κ2) is 8.30. The highest BCUT2D eigenvalue weighted by molar-refractivity contribution is 5.79. The van der Waals surface area contributed by atoms with Gasteiger partial charge in [-0.25, -0.2) is 0 Å². The number of hydrogen-bond acceptors (Lipinski definition) is 3. The Kier molecular flexibility index (Phi) is 6.40. The van der Waals surface area contributed by atoms with Crippen LogP contribution >= 0.6 is 0 Å². The van der Waals surface area contributed by atoms with E-state index in [1.807, 2.05) is 18.2 Å². The lowest BCUT2D eigenvalue weighted by Gasteiger charge is -2.29. The van der Waals surface area contributed by atoms with Gasteiger partial charge in [-0.15, -0.1) is 0 Å². The van der Waals surface area contributed by atoms with E-state index in [1.54, 1.807) is 6.92 Å². The van der Waals surface area contributed by atoms with Crippen molar-refractivity contribution in [2.75, 3.05) is 26.7 Å². The summed E-state index contributed by atoms with van der Waals surface area (Å²) in [4.78, 5) is 14.6. The van der Waals surface area contributed by atoms with Gasteiger partial charge in [-0.1, -0.05) is 30.3 Å². The van der Waals surface area contributed by atoms with Crippen molar-refractivity contribution < 1.29 is 9.90 Å². The molecular weight excluding hydrogens is 276 g/mol. The first kappa shape index (κ1) is 17.0. The summed E-state index contributed by atoms with van der Waals surface area (Å²) < 4.78 is 0. The summed E-state index contributed by atoms with van der Waals surface area (Å²) in [6, 6.07) is 10.1. The van der Waals surface area contributed by atoms with E-state index in [4.69, 9.17) is 0 Å². The van der Waals surface area contributed by atoms with Gasteiger partial charge in [0, 0.05) is 19.0 Å². The lowest BCUT2D eigenvalue weighted by molar-refractivity contribution is -0.126. The Hall–Kier alpha value is -1.39. The molecule has 4 heteroatoms. The van der Waals surface area contributed by atoms with Crippen molar-refractivity contribution in [1.29, 1.82) is 0 Å². The zero-order valence-electron chi connectivity index (χ0n) is 13.7. The van der Waals surface area contributed by atoms with E-state index in [0.717, 1.165) is 25.9 Å². The third-order valence-electron chi connectivity index (χ3n) is 4.41. The van der Waals surface area contributed by atoms with E-state index in [-0.39, 0.29) is 23.8 Å². The van der Waals surface area contributed by atoms with E-state index in [2.05, 4.69) is 29.4 Å². The van der Waals surface area contributed by atoms with Crippen LogP contribution in [0.3, 0.4) is 0 Å². The number of benzene rings is 1. The highest BCUT2D eigenvalue weighted by atomic mass is 16.3. The summed E-state index contributed by atoms with van der Waals surface area (Å²) in [5.74, 6) is 0.409. The van der Waals surface area contributed by atoms with Crippen LogP contribution in [0.4, 0.5) is 0 Å². The van der Waals surface area contributed by atoms with Gasteiger partial charge in [0.15, 0.2) is 0 Å². The summed E-state index contributed by atoms with van der Waals surface area (Å²) in [6.45, 7) is 4.32. The number of nitrogens with one attached hydrogen (secondary N) is 1. The number of amides is 1. The number of carbonyl (C=O) groups excluding carboxylic acids is 1. The molecule has 0 saturated carbocycles. The van der Waals surface area contributed by atoms with Crippen LogP contribution in [0.15, 0.2) is 30.3 Å². The second-order valence-corrected chi connectivity index (χ2v) is 6.54. The fourth-order valence-electron chi connectivity index (χ4n) is 3.22. The number of aliphatic hydroxyl groups excluding tert-OH is 1. The Morgan fingerprint density at radius 1 is 1.41 bits per heavy atom. The summed E-state index contributed by atoms with van der Waals surface area (Å²) >= 11 is 0. The maximum absolute atomic E-state index is 12.4. The second-order valence-electron chi connectivity index (χ2n) is 6.54. The molecule has 22 heavy (non-hydrogen) atoms. The molecule has 0 radical (unpaired) electrons. The minimum absolute atomic E-state index is 0.0988. The average molecular weight is 304 g/mol. The molecule has 1 aliphatic rings. The number of aliphatic hydroxyl groups is 1. The third kappa shape index (κ3) is 5.11. The molecule has 2 N–H and O–H groups in total. The Morgan fingerprint density at radius 2 is 2.14 bits per heavy atom. The van der Waals surface area contributed by atoms with E-state index in [1.165, 1.54) is 5.56 Å². The van der Waals surface area contributed by atoms with Gasteiger partial charge in [0.05, 0.1) is 12.0 Å². The number of carbonyl (C=O) groups is 1. The van der Waals surface area contributed by atoms with Crippen molar-refractivity contribution in [1.82, 2.24) is 10.2 Å². The quantitative estimate of drug-likeness (QED) is 0.845. The van der Waals surface area contributed by atoms with Crippen molar-refractivity contribution in [2.24, 2.45) is 5.92 Å². The van der Waals surface area contributed by atoms with E-state index in [0.29, 0.717) is 13.0 Å². The molecular formula is C18H28N2O2. The molecule has 2 rings (SSSR count). The van der Waals surface area contributed by atoms with Crippen LogP contribution in [0.2, 0.25) is 0 Å². The summed E-state index contributed by atoms with van der Waals surface area (Å²) in [5.41, 5.74) is 1.17. The Labute approximate surface area is 133 Å². The molecule has 0 aliphatic carbocycles. The Bertz CT molecular complexity index is 461. The lowest BCUT2D eigenvalue weighted by atomic mass is 9.92. The standard InChI is InChI=1S/C18H28N2O2/c1-14(21)11-17(15-7-4-3-5-8-15)12-19-18(22)16-9-6-10-20(2)13-16/h3-5,7-8,14,16-17,21H,6,9-13H2,1-2H3,(H,19,22). The van der Waals surface area contributed by atoms with E-state index in [9.17, 15) is 9.90 Å².